The predicted octanol–water partition coefficient (Wildman–Crippen LogP) is 11.4. The summed E-state index contributed by atoms with van der Waals surface area (Å²) in [5, 5.41) is 4.13. The third kappa shape index (κ3) is 5.58. The first-order valence-electron chi connectivity index (χ1n) is 14.7. The molecule has 0 saturated carbocycles. The van der Waals surface area contributed by atoms with E-state index in [1.165, 1.54) is 0 Å². The van der Waals surface area contributed by atoms with Crippen LogP contribution in [0, 0.1) is 0 Å². The number of hydrogen-bond donors (Lipinski definition) is 0. The molecule has 7 aromatic rings. The van der Waals surface area contributed by atoms with E-state index < -0.39 is 25.9 Å². The maximum absolute atomic E-state index is 14.1. The zero-order valence-electron chi connectivity index (χ0n) is 24.8. The highest BCUT2D eigenvalue weighted by molar-refractivity contribution is 8.33. The van der Waals surface area contributed by atoms with Crippen LogP contribution in [0.3, 0.4) is 0 Å². The third-order valence-electron chi connectivity index (χ3n) is 8.12. The number of fused-ring (bicyclic) bond motifs is 2. The number of rotatable bonds is 7. The van der Waals surface area contributed by atoms with Crippen LogP contribution in [0.15, 0.2) is 178 Å². The molecule has 0 spiro atoms. The normalized spacial score (nSPS) is 12.7. The zero-order chi connectivity index (χ0) is 32.6. The van der Waals surface area contributed by atoms with Crippen LogP contribution in [0.25, 0.3) is 43.8 Å². The topological polar surface area (TPSA) is 43.4 Å². The summed E-state index contributed by atoms with van der Waals surface area (Å²) < 4.78 is 73.6. The maximum Gasteiger partial charge on any atom is 0.524 e. The van der Waals surface area contributed by atoms with E-state index in [-0.39, 0.29) is 0 Å². The lowest BCUT2D eigenvalue weighted by Gasteiger charge is -2.39. The molecule has 0 unspecified atom stereocenters. The lowest BCUT2D eigenvalue weighted by atomic mass is 9.98. The minimum absolute atomic E-state index is 0.304. The van der Waals surface area contributed by atoms with Gasteiger partial charge in [0.1, 0.15) is 0 Å². The minimum atomic E-state index is -6.04. The number of benzene rings is 7. The first-order chi connectivity index (χ1) is 22.7. The molecule has 0 heterocycles. The number of hydrogen-bond acceptors (Lipinski definition) is 3. The summed E-state index contributed by atoms with van der Waals surface area (Å²) in [5.41, 5.74) is -2.09. The summed E-state index contributed by atoms with van der Waals surface area (Å²) >= 11 is 0. The van der Waals surface area contributed by atoms with E-state index in [0.29, 0.717) is 14.7 Å². The van der Waals surface area contributed by atoms with E-state index in [1.807, 2.05) is 84.9 Å². The Morgan fingerprint density at radius 1 is 0.426 bits per heavy atom. The fourth-order valence-electron chi connectivity index (χ4n) is 5.92. The molecule has 7 rings (SSSR count). The smallest absolute Gasteiger partial charge is 0.200 e. The quantitative estimate of drug-likeness (QED) is 0.159. The SMILES string of the molecule is O=S(=O)(OS(c1ccccc1)(c1ccc(-c2cccc3ccccc23)cc1)c1ccc(-c2cccc3ccccc23)cc1)C(F)(F)F. The summed E-state index contributed by atoms with van der Waals surface area (Å²) in [6, 6.07) is 49.9. The van der Waals surface area contributed by atoms with E-state index in [4.69, 9.17) is 3.63 Å². The molecule has 0 N–H and O–H groups in total. The van der Waals surface area contributed by atoms with Gasteiger partial charge in [-0.05, 0) is 90.5 Å². The zero-order valence-corrected chi connectivity index (χ0v) is 26.4. The highest BCUT2D eigenvalue weighted by Gasteiger charge is 2.52. The molecular formula is C39H27F3O3S2. The molecule has 0 aliphatic heterocycles. The van der Waals surface area contributed by atoms with Crippen molar-refractivity contribution < 1.29 is 25.2 Å². The predicted molar refractivity (Wildman–Crippen MR) is 184 cm³/mol. The number of halogens is 3. The van der Waals surface area contributed by atoms with Gasteiger partial charge in [-0.25, -0.2) is 0 Å². The summed E-state index contributed by atoms with van der Waals surface area (Å²) in [5.74, 6) is 0. The minimum Gasteiger partial charge on any atom is -0.200 e. The Hall–Kier alpha value is -4.89. The monoisotopic (exact) mass is 664 g/mol. The standard InChI is InChI=1S/C39H27F3O3S2/c40-39(41,42)47(43,44)45-46(32-14-2-1-3-15-32,33-24-20-30(21-25-33)37-18-8-12-28-10-4-6-16-35(28)37)34-26-22-31(23-27-34)38-19-9-13-29-11-5-7-17-36(29)38/h1-27H. The molecule has 0 atom stereocenters. The first-order valence-corrected chi connectivity index (χ1v) is 17.7. The fourth-order valence-corrected chi connectivity index (χ4v) is 10.6. The molecule has 0 aliphatic rings. The molecular weight excluding hydrogens is 638 g/mol. The van der Waals surface area contributed by atoms with Gasteiger partial charge in [-0.3, -0.25) is 0 Å². The van der Waals surface area contributed by atoms with E-state index in [2.05, 4.69) is 0 Å². The van der Waals surface area contributed by atoms with Gasteiger partial charge in [0.05, 0.1) is 0 Å². The van der Waals surface area contributed by atoms with Crippen LogP contribution in [-0.4, -0.2) is 13.9 Å². The second kappa shape index (κ2) is 12.0. The lowest BCUT2D eigenvalue weighted by molar-refractivity contribution is -0.0496. The summed E-state index contributed by atoms with van der Waals surface area (Å²) in [4.78, 5) is 0.917. The molecule has 0 saturated heterocycles. The van der Waals surface area contributed by atoms with E-state index in [0.717, 1.165) is 43.8 Å². The van der Waals surface area contributed by atoms with Crippen molar-refractivity contribution in [2.24, 2.45) is 0 Å². The molecule has 0 amide bonds. The van der Waals surface area contributed by atoms with Crippen LogP contribution in [-0.2, 0) is 13.7 Å². The van der Waals surface area contributed by atoms with Crippen molar-refractivity contribution >= 4 is 42.0 Å². The van der Waals surface area contributed by atoms with Crippen LogP contribution >= 0.6 is 10.3 Å². The second-order valence-electron chi connectivity index (χ2n) is 10.9. The first kappa shape index (κ1) is 30.7. The van der Waals surface area contributed by atoms with Crippen molar-refractivity contribution in [1.29, 1.82) is 0 Å². The van der Waals surface area contributed by atoms with Crippen LogP contribution in [0.1, 0.15) is 0 Å². The summed E-state index contributed by atoms with van der Waals surface area (Å²) in [7, 11) is -9.51. The average Bonchev–Trinajstić information content (AvgIpc) is 3.10. The Morgan fingerprint density at radius 2 is 0.809 bits per heavy atom. The van der Waals surface area contributed by atoms with Crippen LogP contribution in [0.5, 0.6) is 0 Å². The molecule has 0 bridgehead atoms. The molecule has 47 heavy (non-hydrogen) atoms. The van der Waals surface area contributed by atoms with Crippen molar-refractivity contribution in [2.75, 3.05) is 0 Å². The van der Waals surface area contributed by atoms with Crippen molar-refractivity contribution in [1.82, 2.24) is 0 Å². The van der Waals surface area contributed by atoms with Crippen molar-refractivity contribution in [2.45, 2.75) is 20.2 Å². The molecule has 0 radical (unpaired) electrons. The number of alkyl halides is 3. The molecule has 0 aliphatic carbocycles. The maximum atomic E-state index is 14.1. The highest BCUT2D eigenvalue weighted by atomic mass is 32.3. The Balaban J connectivity index is 1.43. The summed E-state index contributed by atoms with van der Waals surface area (Å²) in [6.45, 7) is 0. The molecule has 8 heteroatoms. The average molecular weight is 665 g/mol. The van der Waals surface area contributed by atoms with Gasteiger partial charge in [-0.2, -0.15) is 25.2 Å². The van der Waals surface area contributed by atoms with E-state index in [1.54, 1.807) is 78.9 Å². The lowest BCUT2D eigenvalue weighted by Crippen LogP contribution is -2.27. The molecule has 0 fully saturated rings. The van der Waals surface area contributed by atoms with Crippen LogP contribution in [0.4, 0.5) is 13.2 Å². The van der Waals surface area contributed by atoms with Gasteiger partial charge >= 0.3 is 15.6 Å². The Kier molecular flexibility index (Phi) is 7.88. The van der Waals surface area contributed by atoms with Crippen molar-refractivity contribution in [3.63, 3.8) is 0 Å². The van der Waals surface area contributed by atoms with Crippen LogP contribution in [0.2, 0.25) is 0 Å². The van der Waals surface area contributed by atoms with Gasteiger partial charge in [0.2, 0.25) is 0 Å². The van der Waals surface area contributed by atoms with Gasteiger partial charge in [0.25, 0.3) is 0 Å². The Bertz CT molecular complexity index is 2190. The largest absolute Gasteiger partial charge is 0.524 e. The summed E-state index contributed by atoms with van der Waals surface area (Å²) in [6.07, 6.45) is 0. The van der Waals surface area contributed by atoms with Crippen LogP contribution < -0.4 is 0 Å². The molecule has 3 nitrogen and oxygen atoms in total. The second-order valence-corrected chi connectivity index (χ2v) is 15.4. The fraction of sp³-hybridized carbons (Fsp3) is 0.0256. The molecule has 234 valence electrons. The van der Waals surface area contributed by atoms with Gasteiger partial charge < -0.3 is 0 Å². The van der Waals surface area contributed by atoms with Crippen molar-refractivity contribution in [3.05, 3.63) is 164 Å². The Morgan fingerprint density at radius 3 is 1.26 bits per heavy atom. The van der Waals surface area contributed by atoms with Gasteiger partial charge in [0.15, 0.2) is 0 Å². The Labute approximate surface area is 272 Å². The third-order valence-corrected chi connectivity index (χ3v) is 13.0. The molecule has 7 aromatic carbocycles. The highest BCUT2D eigenvalue weighted by Crippen LogP contribution is 2.70. The van der Waals surface area contributed by atoms with E-state index >= 15 is 0 Å². The van der Waals surface area contributed by atoms with Gasteiger partial charge in [-0.1, -0.05) is 127 Å². The van der Waals surface area contributed by atoms with E-state index in [9.17, 15) is 21.6 Å². The van der Waals surface area contributed by atoms with Gasteiger partial charge in [-0.15, -0.1) is 0 Å². The molecule has 0 aromatic heterocycles. The van der Waals surface area contributed by atoms with Gasteiger partial charge in [0, 0.05) is 14.7 Å². The van der Waals surface area contributed by atoms with Crippen molar-refractivity contribution in [3.8, 4) is 22.3 Å².